The predicted molar refractivity (Wildman–Crippen MR) is 86.2 cm³/mol. The lowest BCUT2D eigenvalue weighted by Gasteiger charge is -2.19. The molecule has 3 atom stereocenters. The highest BCUT2D eigenvalue weighted by Crippen LogP contribution is 2.45. The smallest absolute Gasteiger partial charge is 0.200 e. The van der Waals surface area contributed by atoms with Crippen LogP contribution in [0.25, 0.3) is 0 Å². The standard InChI is InChI=1S/C16H35O2P/c1-5-8-12-16(7-3)14-19(17,18)13-10-9-11-15(4)6-2/h15-16H,5-14H2,1-4H3,(H,17,18). The lowest BCUT2D eigenvalue weighted by molar-refractivity contribution is 0.432. The van der Waals surface area contributed by atoms with E-state index in [2.05, 4.69) is 27.7 Å². The van der Waals surface area contributed by atoms with Crippen LogP contribution < -0.4 is 0 Å². The minimum absolute atomic E-state index is 0.449. The SMILES string of the molecule is CCCCC(CC)CP(=O)(O)CCCCC(C)CC. The molecule has 0 bridgehead atoms. The average Bonchev–Trinajstić information content (AvgIpc) is 2.39. The Morgan fingerprint density at radius 3 is 2.21 bits per heavy atom. The summed E-state index contributed by atoms with van der Waals surface area (Å²) >= 11 is 0. The van der Waals surface area contributed by atoms with Crippen molar-refractivity contribution in [3.63, 3.8) is 0 Å². The fraction of sp³-hybridized carbons (Fsp3) is 1.00. The van der Waals surface area contributed by atoms with Crippen LogP contribution in [-0.4, -0.2) is 17.2 Å². The molecule has 0 aromatic carbocycles. The normalized spacial score (nSPS) is 17.9. The van der Waals surface area contributed by atoms with E-state index in [9.17, 15) is 9.46 Å². The van der Waals surface area contributed by atoms with Gasteiger partial charge in [0.15, 0.2) is 0 Å². The van der Waals surface area contributed by atoms with Crippen molar-refractivity contribution in [2.45, 2.75) is 79.1 Å². The van der Waals surface area contributed by atoms with Crippen molar-refractivity contribution in [2.24, 2.45) is 11.8 Å². The topological polar surface area (TPSA) is 37.3 Å². The maximum absolute atomic E-state index is 12.2. The molecule has 3 heteroatoms. The molecule has 0 fully saturated rings. The summed E-state index contributed by atoms with van der Waals surface area (Å²) in [5.41, 5.74) is 0. The summed E-state index contributed by atoms with van der Waals surface area (Å²) in [5.74, 6) is 1.20. The Bertz CT molecular complexity index is 253. The lowest BCUT2D eigenvalue weighted by Crippen LogP contribution is -2.08. The van der Waals surface area contributed by atoms with Crippen molar-refractivity contribution in [3.8, 4) is 0 Å². The first-order valence-electron chi connectivity index (χ1n) is 8.25. The molecule has 0 spiro atoms. The second kappa shape index (κ2) is 10.9. The molecule has 19 heavy (non-hydrogen) atoms. The van der Waals surface area contributed by atoms with E-state index in [-0.39, 0.29) is 0 Å². The van der Waals surface area contributed by atoms with Gasteiger partial charge in [0.05, 0.1) is 0 Å². The largest absolute Gasteiger partial charge is 0.344 e. The zero-order chi connectivity index (χ0) is 14.7. The maximum atomic E-state index is 12.2. The first kappa shape index (κ1) is 19.2. The number of rotatable bonds is 12. The van der Waals surface area contributed by atoms with Gasteiger partial charge >= 0.3 is 0 Å². The Morgan fingerprint density at radius 2 is 1.68 bits per heavy atom. The van der Waals surface area contributed by atoms with Crippen LogP contribution in [0, 0.1) is 11.8 Å². The maximum Gasteiger partial charge on any atom is 0.200 e. The fourth-order valence-corrected chi connectivity index (χ4v) is 4.62. The summed E-state index contributed by atoms with van der Waals surface area (Å²) in [7, 11) is -2.87. The van der Waals surface area contributed by atoms with Crippen molar-refractivity contribution in [1.82, 2.24) is 0 Å². The van der Waals surface area contributed by atoms with Gasteiger partial charge in [0.2, 0.25) is 7.37 Å². The van der Waals surface area contributed by atoms with Gasteiger partial charge in [-0.15, -0.1) is 0 Å². The monoisotopic (exact) mass is 290 g/mol. The Hall–Kier alpha value is 0.190. The van der Waals surface area contributed by atoms with E-state index < -0.39 is 7.37 Å². The van der Waals surface area contributed by atoms with Crippen molar-refractivity contribution in [1.29, 1.82) is 0 Å². The van der Waals surface area contributed by atoms with Crippen LogP contribution in [0.2, 0.25) is 0 Å². The molecule has 0 saturated carbocycles. The molecular weight excluding hydrogens is 255 g/mol. The van der Waals surface area contributed by atoms with Crippen molar-refractivity contribution >= 4 is 7.37 Å². The van der Waals surface area contributed by atoms with Crippen molar-refractivity contribution in [3.05, 3.63) is 0 Å². The molecule has 0 heterocycles. The first-order valence-corrected chi connectivity index (χ1v) is 10.3. The molecule has 0 aliphatic carbocycles. The first-order chi connectivity index (χ1) is 8.95. The van der Waals surface area contributed by atoms with Gasteiger partial charge in [-0.05, 0) is 24.7 Å². The Kier molecular flexibility index (Phi) is 11.0. The second-order valence-corrected chi connectivity index (χ2v) is 8.68. The minimum Gasteiger partial charge on any atom is -0.344 e. The van der Waals surface area contributed by atoms with Gasteiger partial charge in [-0.1, -0.05) is 66.2 Å². The molecule has 2 nitrogen and oxygen atoms in total. The van der Waals surface area contributed by atoms with Crippen LogP contribution in [0.5, 0.6) is 0 Å². The van der Waals surface area contributed by atoms with Gasteiger partial charge in [-0.2, -0.15) is 0 Å². The molecule has 116 valence electrons. The highest BCUT2D eigenvalue weighted by atomic mass is 31.2. The number of hydrogen-bond acceptors (Lipinski definition) is 1. The second-order valence-electron chi connectivity index (χ2n) is 6.18. The van der Waals surface area contributed by atoms with Gasteiger partial charge in [-0.3, -0.25) is 4.57 Å². The van der Waals surface area contributed by atoms with E-state index in [0.29, 0.717) is 18.2 Å². The Balaban J connectivity index is 3.92. The van der Waals surface area contributed by atoms with Crippen LogP contribution >= 0.6 is 7.37 Å². The minimum atomic E-state index is -2.87. The van der Waals surface area contributed by atoms with Crippen LogP contribution in [0.3, 0.4) is 0 Å². The Labute approximate surface area is 120 Å². The molecule has 0 amide bonds. The van der Waals surface area contributed by atoms with Crippen LogP contribution in [0.1, 0.15) is 79.1 Å². The van der Waals surface area contributed by atoms with Gasteiger partial charge in [-0.25, -0.2) is 0 Å². The van der Waals surface area contributed by atoms with Crippen LogP contribution in [0.15, 0.2) is 0 Å². The van der Waals surface area contributed by atoms with E-state index in [4.69, 9.17) is 0 Å². The molecule has 0 aliphatic rings. The molecule has 3 unspecified atom stereocenters. The molecule has 1 N–H and O–H groups in total. The van der Waals surface area contributed by atoms with Gasteiger partial charge in [0.1, 0.15) is 0 Å². The van der Waals surface area contributed by atoms with Crippen molar-refractivity contribution < 1.29 is 9.46 Å². The quantitative estimate of drug-likeness (QED) is 0.370. The fourth-order valence-electron chi connectivity index (χ4n) is 2.47. The van der Waals surface area contributed by atoms with Crippen LogP contribution in [0.4, 0.5) is 0 Å². The highest BCUT2D eigenvalue weighted by molar-refractivity contribution is 7.57. The van der Waals surface area contributed by atoms with Gasteiger partial charge < -0.3 is 4.89 Å². The summed E-state index contributed by atoms with van der Waals surface area (Å²) in [4.78, 5) is 10.1. The molecular formula is C16H35O2P. The third kappa shape index (κ3) is 10.6. The zero-order valence-corrected chi connectivity index (χ0v) is 14.4. The molecule has 0 aliphatic heterocycles. The van der Waals surface area contributed by atoms with E-state index >= 15 is 0 Å². The summed E-state index contributed by atoms with van der Waals surface area (Å²) in [6.07, 6.45) is 10.0. The Morgan fingerprint density at radius 1 is 1.00 bits per heavy atom. The molecule has 0 aromatic heterocycles. The number of hydrogen-bond donors (Lipinski definition) is 1. The van der Waals surface area contributed by atoms with E-state index in [1.54, 1.807) is 0 Å². The summed E-state index contributed by atoms with van der Waals surface area (Å²) < 4.78 is 12.2. The van der Waals surface area contributed by atoms with Crippen molar-refractivity contribution in [2.75, 3.05) is 12.3 Å². The highest BCUT2D eigenvalue weighted by Gasteiger charge is 2.22. The molecule has 0 aromatic rings. The molecule has 0 radical (unpaired) electrons. The third-order valence-corrected chi connectivity index (χ3v) is 6.34. The van der Waals surface area contributed by atoms with E-state index in [0.717, 1.165) is 31.6 Å². The van der Waals surface area contributed by atoms with Crippen LogP contribution in [-0.2, 0) is 4.57 Å². The third-order valence-electron chi connectivity index (χ3n) is 4.24. The van der Waals surface area contributed by atoms with Gasteiger partial charge in [0.25, 0.3) is 0 Å². The molecule has 0 rings (SSSR count). The van der Waals surface area contributed by atoms with E-state index in [1.165, 1.54) is 25.7 Å². The summed E-state index contributed by atoms with van der Waals surface area (Å²) in [6, 6.07) is 0. The summed E-state index contributed by atoms with van der Waals surface area (Å²) in [6.45, 7) is 8.79. The lowest BCUT2D eigenvalue weighted by atomic mass is 10.0. The average molecular weight is 290 g/mol. The van der Waals surface area contributed by atoms with E-state index in [1.807, 2.05) is 0 Å². The van der Waals surface area contributed by atoms with Gasteiger partial charge in [0, 0.05) is 12.3 Å². The summed E-state index contributed by atoms with van der Waals surface area (Å²) in [5, 5.41) is 0. The predicted octanol–water partition coefficient (Wildman–Crippen LogP) is 5.69. The zero-order valence-electron chi connectivity index (χ0n) is 13.5. The molecule has 0 saturated heterocycles. The number of unbranched alkanes of at least 4 members (excludes halogenated alkanes) is 2.